The summed E-state index contributed by atoms with van der Waals surface area (Å²) < 4.78 is 26.9. The van der Waals surface area contributed by atoms with E-state index in [0.717, 1.165) is 0 Å². The van der Waals surface area contributed by atoms with E-state index in [9.17, 15) is 46.0 Å². The molecule has 34 heavy (non-hydrogen) atoms. The molecule has 0 spiro atoms. The SMILES string of the molecule is N[C@H]1[C@@H](O[C@H]2[C@@H](O)[C@@H](CO)O[C@@H](O[C@H]3[C@H](O)[C@@H](CO)OC(O)[C@@H]3N)[C@@H]2O)O[C@H](CO)[C@H](O)[C@@H]1O. The zero-order valence-corrected chi connectivity index (χ0v) is 18.0. The van der Waals surface area contributed by atoms with Gasteiger partial charge in [-0.25, -0.2) is 0 Å². The van der Waals surface area contributed by atoms with Crippen molar-refractivity contribution in [2.45, 2.75) is 92.0 Å². The number of hydrogen-bond donors (Lipinski definition) is 11. The molecule has 0 aromatic heterocycles. The Morgan fingerprint density at radius 1 is 0.529 bits per heavy atom. The van der Waals surface area contributed by atoms with E-state index >= 15 is 0 Å². The van der Waals surface area contributed by atoms with Gasteiger partial charge in [-0.2, -0.15) is 0 Å². The van der Waals surface area contributed by atoms with Crippen LogP contribution in [0.4, 0.5) is 0 Å². The number of aliphatic hydroxyl groups excluding tert-OH is 9. The maximum Gasteiger partial charge on any atom is 0.187 e. The lowest BCUT2D eigenvalue weighted by Crippen LogP contribution is -2.68. The minimum atomic E-state index is -1.81. The van der Waals surface area contributed by atoms with Crippen LogP contribution in [0.25, 0.3) is 0 Å². The van der Waals surface area contributed by atoms with E-state index < -0.39 is 112 Å². The average Bonchev–Trinajstić information content (AvgIpc) is 2.82. The Bertz CT molecular complexity index is 648. The van der Waals surface area contributed by atoms with E-state index in [1.165, 1.54) is 0 Å². The fraction of sp³-hybridized carbons (Fsp3) is 1.00. The molecule has 3 saturated heterocycles. The lowest BCUT2D eigenvalue weighted by Gasteiger charge is -2.48. The maximum atomic E-state index is 10.8. The molecule has 3 aliphatic heterocycles. The molecule has 0 amide bonds. The molecule has 0 saturated carbocycles. The molecule has 0 aromatic carbocycles. The number of rotatable bonds is 7. The van der Waals surface area contributed by atoms with Crippen LogP contribution in [0.3, 0.4) is 0 Å². The normalized spacial score (nSPS) is 52.5. The van der Waals surface area contributed by atoms with Gasteiger partial charge in [0.2, 0.25) is 0 Å². The Balaban J connectivity index is 1.78. The molecule has 3 rings (SSSR count). The van der Waals surface area contributed by atoms with Crippen LogP contribution >= 0.6 is 0 Å². The summed E-state index contributed by atoms with van der Waals surface area (Å²) in [7, 11) is 0. The van der Waals surface area contributed by atoms with Crippen molar-refractivity contribution in [3.8, 4) is 0 Å². The smallest absolute Gasteiger partial charge is 0.187 e. The first-order valence-electron chi connectivity index (χ1n) is 10.7. The Kier molecular flexibility index (Phi) is 9.54. The first kappa shape index (κ1) is 27.9. The summed E-state index contributed by atoms with van der Waals surface area (Å²) in [5, 5.41) is 90.1. The van der Waals surface area contributed by atoms with Gasteiger partial charge in [0.05, 0.1) is 31.9 Å². The second-order valence-electron chi connectivity index (χ2n) is 8.51. The molecule has 1 unspecified atom stereocenters. The summed E-state index contributed by atoms with van der Waals surface area (Å²) in [5.41, 5.74) is 11.7. The molecular formula is C18H34N2O14. The number of ether oxygens (including phenoxy) is 5. The first-order chi connectivity index (χ1) is 16.0. The van der Waals surface area contributed by atoms with Crippen molar-refractivity contribution in [2.24, 2.45) is 11.5 Å². The molecule has 0 aromatic rings. The van der Waals surface area contributed by atoms with E-state index in [0.29, 0.717) is 0 Å². The summed E-state index contributed by atoms with van der Waals surface area (Å²) in [5.74, 6) is 0. The third-order valence-corrected chi connectivity index (χ3v) is 6.25. The van der Waals surface area contributed by atoms with E-state index in [2.05, 4.69) is 0 Å². The van der Waals surface area contributed by atoms with Crippen molar-refractivity contribution in [2.75, 3.05) is 19.8 Å². The third kappa shape index (κ3) is 5.37. The van der Waals surface area contributed by atoms with Gasteiger partial charge in [0, 0.05) is 0 Å². The molecule has 3 fully saturated rings. The molecular weight excluding hydrogens is 468 g/mol. The highest BCUT2D eigenvalue weighted by atomic mass is 16.7. The van der Waals surface area contributed by atoms with Crippen LogP contribution in [-0.2, 0) is 23.7 Å². The monoisotopic (exact) mass is 502 g/mol. The average molecular weight is 502 g/mol. The highest BCUT2D eigenvalue weighted by Gasteiger charge is 2.52. The van der Waals surface area contributed by atoms with E-state index in [4.69, 9.17) is 35.2 Å². The lowest BCUT2D eigenvalue weighted by molar-refractivity contribution is -0.364. The summed E-state index contributed by atoms with van der Waals surface area (Å²) in [4.78, 5) is 0. The maximum absolute atomic E-state index is 10.8. The molecule has 15 atom stereocenters. The van der Waals surface area contributed by atoms with Crippen molar-refractivity contribution in [1.29, 1.82) is 0 Å². The number of nitrogens with two attached hydrogens (primary N) is 2. The molecule has 200 valence electrons. The van der Waals surface area contributed by atoms with Crippen molar-refractivity contribution in [1.82, 2.24) is 0 Å². The molecule has 0 bridgehead atoms. The van der Waals surface area contributed by atoms with E-state index in [-0.39, 0.29) is 0 Å². The topological polar surface area (TPSA) is 280 Å². The molecule has 13 N–H and O–H groups in total. The second kappa shape index (κ2) is 11.6. The predicted molar refractivity (Wildman–Crippen MR) is 105 cm³/mol. The van der Waals surface area contributed by atoms with Crippen LogP contribution in [0.15, 0.2) is 0 Å². The first-order valence-corrected chi connectivity index (χ1v) is 10.7. The Labute approximate surface area is 193 Å². The van der Waals surface area contributed by atoms with Crippen molar-refractivity contribution in [3.63, 3.8) is 0 Å². The zero-order valence-electron chi connectivity index (χ0n) is 18.0. The van der Waals surface area contributed by atoms with Crippen LogP contribution < -0.4 is 11.5 Å². The van der Waals surface area contributed by atoms with Crippen LogP contribution in [-0.4, -0.2) is 158 Å². The summed E-state index contributed by atoms with van der Waals surface area (Å²) in [6.07, 6.45) is -19.8. The van der Waals surface area contributed by atoms with Gasteiger partial charge in [0.1, 0.15) is 61.0 Å². The standard InChI is InChI=1S/C18H34N2O14/c19-7-12(27)9(24)4(1-21)31-17(7)34-15-11(26)6(3-23)32-18(13(15)28)33-14-8(20)16(29)30-5(2-22)10(14)25/h4-18,21-29H,1-3,19-20H2/t4-,5-,6-,7-,8-,9+,10-,11+,12-,13-,14-,15+,16?,17-,18+/m1/s1. The van der Waals surface area contributed by atoms with Crippen molar-refractivity contribution in [3.05, 3.63) is 0 Å². The fourth-order valence-electron chi connectivity index (χ4n) is 4.14. The van der Waals surface area contributed by atoms with Gasteiger partial charge in [-0.3, -0.25) is 0 Å². The number of aliphatic hydroxyl groups is 9. The molecule has 16 nitrogen and oxygen atoms in total. The molecule has 3 aliphatic rings. The summed E-state index contributed by atoms with van der Waals surface area (Å²) in [6.45, 7) is -2.13. The Morgan fingerprint density at radius 3 is 1.59 bits per heavy atom. The zero-order chi connectivity index (χ0) is 25.3. The molecule has 16 heteroatoms. The fourth-order valence-corrected chi connectivity index (χ4v) is 4.14. The van der Waals surface area contributed by atoms with E-state index in [1.807, 2.05) is 0 Å². The second-order valence-corrected chi connectivity index (χ2v) is 8.51. The third-order valence-electron chi connectivity index (χ3n) is 6.25. The minimum Gasteiger partial charge on any atom is -0.394 e. The number of hydrogen-bond acceptors (Lipinski definition) is 16. The Hall–Kier alpha value is -0.640. The van der Waals surface area contributed by atoms with Gasteiger partial charge in [0.15, 0.2) is 18.9 Å². The van der Waals surface area contributed by atoms with Gasteiger partial charge in [-0.1, -0.05) is 0 Å². The van der Waals surface area contributed by atoms with E-state index in [1.54, 1.807) is 0 Å². The minimum absolute atomic E-state index is 0.681. The highest BCUT2D eigenvalue weighted by Crippen LogP contribution is 2.31. The Morgan fingerprint density at radius 2 is 1.00 bits per heavy atom. The summed E-state index contributed by atoms with van der Waals surface area (Å²) >= 11 is 0. The van der Waals surface area contributed by atoms with Crippen LogP contribution in [0.2, 0.25) is 0 Å². The molecule has 0 aliphatic carbocycles. The van der Waals surface area contributed by atoms with Crippen molar-refractivity contribution < 1.29 is 69.6 Å². The van der Waals surface area contributed by atoms with Crippen LogP contribution in [0, 0.1) is 0 Å². The summed E-state index contributed by atoms with van der Waals surface area (Å²) in [6, 6.07) is -2.68. The van der Waals surface area contributed by atoms with Gasteiger partial charge >= 0.3 is 0 Å². The highest BCUT2D eigenvalue weighted by molar-refractivity contribution is 4.97. The van der Waals surface area contributed by atoms with Gasteiger partial charge in [0.25, 0.3) is 0 Å². The van der Waals surface area contributed by atoms with Gasteiger partial charge in [-0.05, 0) is 0 Å². The van der Waals surface area contributed by atoms with Crippen molar-refractivity contribution >= 4 is 0 Å². The van der Waals surface area contributed by atoms with Gasteiger partial charge in [-0.15, -0.1) is 0 Å². The van der Waals surface area contributed by atoms with Gasteiger partial charge < -0.3 is 81.1 Å². The quantitative estimate of drug-likeness (QED) is 0.154. The largest absolute Gasteiger partial charge is 0.394 e. The lowest BCUT2D eigenvalue weighted by atomic mass is 9.95. The molecule has 3 heterocycles. The van der Waals surface area contributed by atoms with Crippen LogP contribution in [0.1, 0.15) is 0 Å². The van der Waals surface area contributed by atoms with Crippen LogP contribution in [0.5, 0.6) is 0 Å². The molecule has 0 radical (unpaired) electrons. The predicted octanol–water partition coefficient (Wildman–Crippen LogP) is -7.64.